The number of rotatable bonds is 6. The van der Waals surface area contributed by atoms with Crippen molar-refractivity contribution >= 4 is 11.8 Å². The van der Waals surface area contributed by atoms with Gasteiger partial charge in [-0.1, -0.05) is 18.2 Å². The maximum absolute atomic E-state index is 12.5. The van der Waals surface area contributed by atoms with E-state index in [1.54, 1.807) is 37.3 Å². The van der Waals surface area contributed by atoms with E-state index in [1.165, 1.54) is 0 Å². The highest BCUT2D eigenvalue weighted by Crippen LogP contribution is 2.32. The molecule has 1 atom stereocenters. The fourth-order valence-electron chi connectivity index (χ4n) is 2.86. The van der Waals surface area contributed by atoms with Crippen LogP contribution in [0.4, 0.5) is 0 Å². The standard InChI is InChI=1S/C20H22N2O5/c1-13(15-6-4-5-7-16(15)25-3)22(2)19(23)11-21-20(24)14-8-9-17-18(10-14)27-12-26-17/h4-10,13H,11-12H2,1-3H3,(H,21,24). The first-order valence-electron chi connectivity index (χ1n) is 8.57. The van der Waals surface area contributed by atoms with Gasteiger partial charge in [-0.15, -0.1) is 0 Å². The average molecular weight is 370 g/mol. The molecule has 142 valence electrons. The molecule has 7 nitrogen and oxygen atoms in total. The van der Waals surface area contributed by atoms with Crippen LogP contribution in [0.15, 0.2) is 42.5 Å². The number of amides is 2. The van der Waals surface area contributed by atoms with Crippen molar-refractivity contribution in [2.45, 2.75) is 13.0 Å². The molecule has 1 N–H and O–H groups in total. The minimum absolute atomic E-state index is 0.108. The third kappa shape index (κ3) is 3.97. The molecule has 0 fully saturated rings. The number of ether oxygens (including phenoxy) is 3. The van der Waals surface area contributed by atoms with Crippen molar-refractivity contribution in [1.29, 1.82) is 0 Å². The van der Waals surface area contributed by atoms with Gasteiger partial charge >= 0.3 is 0 Å². The predicted octanol–water partition coefficient (Wildman–Crippen LogP) is 2.37. The second kappa shape index (κ2) is 7.99. The van der Waals surface area contributed by atoms with Crippen LogP contribution in [0.5, 0.6) is 17.2 Å². The Balaban J connectivity index is 1.60. The van der Waals surface area contributed by atoms with Crippen molar-refractivity contribution in [3.8, 4) is 17.2 Å². The lowest BCUT2D eigenvalue weighted by Crippen LogP contribution is -2.39. The molecule has 0 spiro atoms. The van der Waals surface area contributed by atoms with Gasteiger partial charge in [0.2, 0.25) is 12.7 Å². The lowest BCUT2D eigenvalue weighted by Gasteiger charge is -2.26. The Labute approximate surface area is 157 Å². The maximum atomic E-state index is 12.5. The summed E-state index contributed by atoms with van der Waals surface area (Å²) in [6, 6.07) is 12.3. The molecule has 1 aliphatic heterocycles. The highest BCUT2D eigenvalue weighted by molar-refractivity contribution is 5.97. The predicted molar refractivity (Wildman–Crippen MR) is 99.1 cm³/mol. The summed E-state index contributed by atoms with van der Waals surface area (Å²) in [6.45, 7) is 1.95. The van der Waals surface area contributed by atoms with Crippen LogP contribution in [0.25, 0.3) is 0 Å². The summed E-state index contributed by atoms with van der Waals surface area (Å²) in [6.07, 6.45) is 0. The van der Waals surface area contributed by atoms with Gasteiger partial charge in [0.1, 0.15) is 5.75 Å². The van der Waals surface area contributed by atoms with Crippen molar-refractivity contribution in [3.05, 3.63) is 53.6 Å². The van der Waals surface area contributed by atoms with Gasteiger partial charge in [-0.2, -0.15) is 0 Å². The molecule has 1 unspecified atom stereocenters. The van der Waals surface area contributed by atoms with E-state index >= 15 is 0 Å². The number of benzene rings is 2. The molecule has 2 aromatic carbocycles. The molecule has 7 heteroatoms. The molecule has 0 saturated heterocycles. The highest BCUT2D eigenvalue weighted by atomic mass is 16.7. The van der Waals surface area contributed by atoms with Gasteiger partial charge in [-0.25, -0.2) is 0 Å². The van der Waals surface area contributed by atoms with Gasteiger partial charge in [0.05, 0.1) is 19.7 Å². The summed E-state index contributed by atoms with van der Waals surface area (Å²) < 4.78 is 15.9. The summed E-state index contributed by atoms with van der Waals surface area (Å²) in [7, 11) is 3.30. The normalized spacial score (nSPS) is 13.0. The lowest BCUT2D eigenvalue weighted by atomic mass is 10.1. The monoisotopic (exact) mass is 370 g/mol. The SMILES string of the molecule is COc1ccccc1C(C)N(C)C(=O)CNC(=O)c1ccc2c(c1)OCO2. The summed E-state index contributed by atoms with van der Waals surface area (Å²) in [5.41, 5.74) is 1.31. The molecule has 27 heavy (non-hydrogen) atoms. The van der Waals surface area contributed by atoms with Crippen LogP contribution in [0.2, 0.25) is 0 Å². The third-order valence-corrected chi connectivity index (χ3v) is 4.60. The largest absolute Gasteiger partial charge is 0.496 e. The van der Waals surface area contributed by atoms with E-state index in [2.05, 4.69) is 5.32 Å². The first kappa shape index (κ1) is 18.6. The molecular weight excluding hydrogens is 348 g/mol. The molecule has 0 bridgehead atoms. The van der Waals surface area contributed by atoms with Crippen LogP contribution >= 0.6 is 0 Å². The number of likely N-dealkylation sites (N-methyl/N-ethyl adjacent to an activating group) is 1. The van der Waals surface area contributed by atoms with E-state index in [4.69, 9.17) is 14.2 Å². The van der Waals surface area contributed by atoms with Crippen LogP contribution in [0, 0.1) is 0 Å². The Bertz CT molecular complexity index is 852. The van der Waals surface area contributed by atoms with Crippen molar-refractivity contribution in [2.24, 2.45) is 0 Å². The Morgan fingerprint density at radius 1 is 1.19 bits per heavy atom. The number of hydrogen-bond donors (Lipinski definition) is 1. The van der Waals surface area contributed by atoms with Gasteiger partial charge in [0.15, 0.2) is 11.5 Å². The average Bonchev–Trinajstić information content (AvgIpc) is 3.18. The summed E-state index contributed by atoms with van der Waals surface area (Å²) in [4.78, 5) is 26.4. The minimum atomic E-state index is -0.347. The number of carbonyl (C=O) groups is 2. The fourth-order valence-corrected chi connectivity index (χ4v) is 2.86. The number of fused-ring (bicyclic) bond motifs is 1. The Kier molecular flexibility index (Phi) is 5.49. The number of hydrogen-bond acceptors (Lipinski definition) is 5. The zero-order valence-electron chi connectivity index (χ0n) is 15.5. The Hall–Kier alpha value is -3.22. The van der Waals surface area contributed by atoms with E-state index in [-0.39, 0.29) is 31.2 Å². The maximum Gasteiger partial charge on any atom is 0.251 e. The molecule has 0 radical (unpaired) electrons. The van der Waals surface area contributed by atoms with E-state index in [0.717, 1.165) is 5.56 Å². The Morgan fingerprint density at radius 2 is 1.93 bits per heavy atom. The first-order valence-corrected chi connectivity index (χ1v) is 8.57. The second-order valence-corrected chi connectivity index (χ2v) is 6.17. The molecule has 2 aromatic rings. The molecule has 3 rings (SSSR count). The number of nitrogens with zero attached hydrogens (tertiary/aromatic N) is 1. The number of para-hydroxylation sites is 1. The van der Waals surface area contributed by atoms with Crippen molar-refractivity contribution in [3.63, 3.8) is 0 Å². The van der Waals surface area contributed by atoms with E-state index < -0.39 is 0 Å². The molecule has 1 aliphatic rings. The van der Waals surface area contributed by atoms with E-state index in [0.29, 0.717) is 22.8 Å². The molecule has 0 saturated carbocycles. The van der Waals surface area contributed by atoms with Gasteiger partial charge in [-0.3, -0.25) is 9.59 Å². The summed E-state index contributed by atoms with van der Waals surface area (Å²) >= 11 is 0. The second-order valence-electron chi connectivity index (χ2n) is 6.17. The topological polar surface area (TPSA) is 77.1 Å². The molecule has 0 aliphatic carbocycles. The fraction of sp³-hybridized carbons (Fsp3) is 0.300. The molecule has 2 amide bonds. The molecule has 0 aromatic heterocycles. The zero-order chi connectivity index (χ0) is 19.4. The summed E-state index contributed by atoms with van der Waals surface area (Å²) in [5.74, 6) is 1.29. The van der Waals surface area contributed by atoms with Gasteiger partial charge in [-0.05, 0) is 31.2 Å². The lowest BCUT2D eigenvalue weighted by molar-refractivity contribution is -0.130. The zero-order valence-corrected chi connectivity index (χ0v) is 15.5. The molecule has 1 heterocycles. The van der Waals surface area contributed by atoms with Crippen LogP contribution in [0.3, 0.4) is 0 Å². The van der Waals surface area contributed by atoms with Crippen LogP contribution in [0.1, 0.15) is 28.9 Å². The highest BCUT2D eigenvalue weighted by Gasteiger charge is 2.21. The summed E-state index contributed by atoms with van der Waals surface area (Å²) in [5, 5.41) is 2.65. The van der Waals surface area contributed by atoms with E-state index in [1.807, 2.05) is 31.2 Å². The van der Waals surface area contributed by atoms with Gasteiger partial charge < -0.3 is 24.4 Å². The molecular formula is C20H22N2O5. The van der Waals surface area contributed by atoms with Crippen LogP contribution in [-0.2, 0) is 4.79 Å². The van der Waals surface area contributed by atoms with Crippen LogP contribution in [-0.4, -0.2) is 44.2 Å². The van der Waals surface area contributed by atoms with Crippen LogP contribution < -0.4 is 19.5 Å². The van der Waals surface area contributed by atoms with Crippen molar-refractivity contribution < 1.29 is 23.8 Å². The number of carbonyl (C=O) groups excluding carboxylic acids is 2. The number of nitrogens with one attached hydrogen (secondary N) is 1. The van der Waals surface area contributed by atoms with Gasteiger partial charge in [0, 0.05) is 18.2 Å². The van der Waals surface area contributed by atoms with Crippen molar-refractivity contribution in [1.82, 2.24) is 10.2 Å². The smallest absolute Gasteiger partial charge is 0.251 e. The van der Waals surface area contributed by atoms with E-state index in [9.17, 15) is 9.59 Å². The quantitative estimate of drug-likeness (QED) is 0.845. The first-order chi connectivity index (χ1) is 13.0. The Morgan fingerprint density at radius 3 is 2.70 bits per heavy atom. The number of methoxy groups -OCH3 is 1. The minimum Gasteiger partial charge on any atom is -0.496 e. The van der Waals surface area contributed by atoms with Gasteiger partial charge in [0.25, 0.3) is 5.91 Å². The van der Waals surface area contributed by atoms with Crippen molar-refractivity contribution in [2.75, 3.05) is 27.5 Å². The third-order valence-electron chi connectivity index (χ3n) is 4.60.